The summed E-state index contributed by atoms with van der Waals surface area (Å²) in [6.45, 7) is 0. The normalized spacial score (nSPS) is 18.8. The molecule has 1 aliphatic rings. The van der Waals surface area contributed by atoms with Crippen molar-refractivity contribution >= 4 is 61.9 Å². The third kappa shape index (κ3) is 3.17. The van der Waals surface area contributed by atoms with Crippen LogP contribution in [0.4, 0.5) is 5.69 Å². The number of nitrogens with one attached hydrogen (secondary N) is 1. The Kier molecular flexibility index (Phi) is 4.00. The number of para-hydroxylation sites is 1. The molecule has 4 nitrogen and oxygen atoms in total. The van der Waals surface area contributed by atoms with E-state index in [1.54, 1.807) is 6.20 Å². The van der Waals surface area contributed by atoms with Gasteiger partial charge in [0, 0.05) is 11.1 Å². The van der Waals surface area contributed by atoms with E-state index in [9.17, 15) is 4.79 Å². The number of amides is 1. The van der Waals surface area contributed by atoms with Crippen LogP contribution in [0, 0.1) is 0 Å². The molecule has 1 amide bonds. The molecule has 0 spiro atoms. The number of aliphatic imine (C=N–C) groups is 1. The number of carbonyl (C=O) groups excluding carboxylic acids is 1. The van der Waals surface area contributed by atoms with Gasteiger partial charge in [-0.15, -0.1) is 11.3 Å². The van der Waals surface area contributed by atoms with E-state index in [0.29, 0.717) is 10.1 Å². The maximum atomic E-state index is 11.9. The predicted molar refractivity (Wildman–Crippen MR) is 87.1 cm³/mol. The zero-order valence-electron chi connectivity index (χ0n) is 10.0. The quantitative estimate of drug-likeness (QED) is 0.823. The second-order valence-corrected chi connectivity index (χ2v) is 7.20. The summed E-state index contributed by atoms with van der Waals surface area (Å²) in [5.74, 6) is -0.130. The fourth-order valence-electron chi connectivity index (χ4n) is 1.56. The molecule has 20 heavy (non-hydrogen) atoms. The molecule has 0 aliphatic carbocycles. The summed E-state index contributed by atoms with van der Waals surface area (Å²) in [5, 5.41) is 3.35. The maximum absolute atomic E-state index is 11.9. The van der Waals surface area contributed by atoms with Crippen LogP contribution in [0.1, 0.15) is 4.88 Å². The summed E-state index contributed by atoms with van der Waals surface area (Å²) in [5.41, 5.74) is 0.817. The van der Waals surface area contributed by atoms with Crippen molar-refractivity contribution in [1.29, 1.82) is 0 Å². The first kappa shape index (κ1) is 13.5. The van der Waals surface area contributed by atoms with E-state index in [4.69, 9.17) is 0 Å². The van der Waals surface area contributed by atoms with Crippen LogP contribution >= 0.6 is 39.0 Å². The molecular formula is C13H8BrN3OS2. The van der Waals surface area contributed by atoms with E-state index in [1.165, 1.54) is 23.1 Å². The molecular weight excluding hydrogens is 358 g/mol. The minimum absolute atomic E-state index is 0.130. The maximum Gasteiger partial charge on any atom is 0.264 e. The largest absolute Gasteiger partial charge is 0.300 e. The molecule has 1 saturated heterocycles. The van der Waals surface area contributed by atoms with Gasteiger partial charge in [0.1, 0.15) is 0 Å². The van der Waals surface area contributed by atoms with Gasteiger partial charge in [-0.25, -0.2) is 9.98 Å². The fourth-order valence-corrected chi connectivity index (χ4v) is 3.71. The van der Waals surface area contributed by atoms with Gasteiger partial charge in [0.2, 0.25) is 0 Å². The first-order valence-corrected chi connectivity index (χ1v) is 8.09. The van der Waals surface area contributed by atoms with Crippen LogP contribution in [0.3, 0.4) is 0 Å². The van der Waals surface area contributed by atoms with Crippen molar-refractivity contribution in [2.45, 2.75) is 0 Å². The first-order valence-electron chi connectivity index (χ1n) is 5.67. The highest BCUT2D eigenvalue weighted by atomic mass is 79.9. The van der Waals surface area contributed by atoms with E-state index < -0.39 is 0 Å². The molecule has 0 saturated carbocycles. The third-order valence-electron chi connectivity index (χ3n) is 2.41. The van der Waals surface area contributed by atoms with Gasteiger partial charge in [-0.05, 0) is 45.9 Å². The van der Waals surface area contributed by atoms with E-state index in [1.807, 2.05) is 36.4 Å². The lowest BCUT2D eigenvalue weighted by Crippen LogP contribution is -2.19. The molecule has 0 unspecified atom stereocenters. The van der Waals surface area contributed by atoms with Gasteiger partial charge >= 0.3 is 0 Å². The zero-order valence-corrected chi connectivity index (χ0v) is 13.3. The number of nitrogens with zero attached hydrogens (tertiary/aromatic N) is 2. The smallest absolute Gasteiger partial charge is 0.264 e. The van der Waals surface area contributed by atoms with Gasteiger partial charge < -0.3 is 5.32 Å². The van der Waals surface area contributed by atoms with Crippen molar-refractivity contribution in [3.8, 4) is 0 Å². The molecule has 1 aromatic carbocycles. The summed E-state index contributed by atoms with van der Waals surface area (Å²) in [6, 6.07) is 9.53. The number of aromatic nitrogens is 1. The van der Waals surface area contributed by atoms with Crippen LogP contribution in [0.25, 0.3) is 6.08 Å². The Morgan fingerprint density at radius 3 is 2.80 bits per heavy atom. The van der Waals surface area contributed by atoms with Crippen molar-refractivity contribution in [2.75, 3.05) is 0 Å². The third-order valence-corrected chi connectivity index (χ3v) is 4.74. The average molecular weight is 366 g/mol. The summed E-state index contributed by atoms with van der Waals surface area (Å²) in [4.78, 5) is 21.9. The zero-order chi connectivity index (χ0) is 13.9. The Labute approximate surface area is 132 Å². The summed E-state index contributed by atoms with van der Waals surface area (Å²) < 4.78 is 0.797. The van der Waals surface area contributed by atoms with Gasteiger partial charge in [-0.2, -0.15) is 0 Å². The molecule has 0 atom stereocenters. The topological polar surface area (TPSA) is 54.4 Å². The lowest BCUT2D eigenvalue weighted by Gasteiger charge is -1.94. The van der Waals surface area contributed by atoms with E-state index in [2.05, 4.69) is 31.2 Å². The molecule has 0 bridgehead atoms. The Morgan fingerprint density at radius 2 is 2.10 bits per heavy atom. The molecule has 2 heterocycles. The van der Waals surface area contributed by atoms with Crippen LogP contribution in [0.5, 0.6) is 0 Å². The van der Waals surface area contributed by atoms with Crippen LogP contribution < -0.4 is 5.32 Å². The highest BCUT2D eigenvalue weighted by molar-refractivity contribution is 9.11. The predicted octanol–water partition coefficient (Wildman–Crippen LogP) is 3.80. The minimum atomic E-state index is -0.130. The highest BCUT2D eigenvalue weighted by Crippen LogP contribution is 2.30. The number of benzene rings is 1. The van der Waals surface area contributed by atoms with Gasteiger partial charge in [0.25, 0.3) is 5.91 Å². The second kappa shape index (κ2) is 5.90. The molecule has 1 fully saturated rings. The van der Waals surface area contributed by atoms with Crippen molar-refractivity contribution in [1.82, 2.24) is 10.3 Å². The Morgan fingerprint density at radius 1 is 1.30 bits per heavy atom. The minimum Gasteiger partial charge on any atom is -0.300 e. The van der Waals surface area contributed by atoms with Crippen LogP contribution in [-0.2, 0) is 4.79 Å². The molecule has 1 N–H and O–H groups in total. The molecule has 1 aliphatic heterocycles. The molecule has 0 radical (unpaired) electrons. The molecule has 3 rings (SSSR count). The second-order valence-electron chi connectivity index (χ2n) is 3.83. The lowest BCUT2D eigenvalue weighted by molar-refractivity contribution is -0.115. The van der Waals surface area contributed by atoms with Crippen molar-refractivity contribution in [3.05, 3.63) is 50.2 Å². The van der Waals surface area contributed by atoms with Crippen molar-refractivity contribution in [2.24, 2.45) is 4.99 Å². The van der Waals surface area contributed by atoms with Gasteiger partial charge in [0.15, 0.2) is 9.08 Å². The summed E-state index contributed by atoms with van der Waals surface area (Å²) in [7, 11) is 0. The molecule has 1 aromatic heterocycles. The standard InChI is InChI=1S/C13H8BrN3OS2/c14-12-15-7-9(19-12)6-10-11(18)17-13(20-10)16-8-4-2-1-3-5-8/h1-7H,(H,16,17,18)/b10-6-. The number of halogens is 1. The highest BCUT2D eigenvalue weighted by Gasteiger charge is 2.24. The molecule has 2 aromatic rings. The number of thioether (sulfide) groups is 1. The number of amidine groups is 1. The SMILES string of the molecule is O=C1N/C(=N/c2ccccc2)S/C1=C\c1cnc(Br)s1. The number of rotatable bonds is 2. The van der Waals surface area contributed by atoms with E-state index >= 15 is 0 Å². The Hall–Kier alpha value is -1.44. The van der Waals surface area contributed by atoms with Crippen molar-refractivity contribution < 1.29 is 4.79 Å². The van der Waals surface area contributed by atoms with Crippen LogP contribution in [0.15, 0.2) is 50.3 Å². The number of carbonyl (C=O) groups is 1. The summed E-state index contributed by atoms with van der Waals surface area (Å²) in [6.07, 6.45) is 3.54. The fraction of sp³-hybridized carbons (Fsp3) is 0. The van der Waals surface area contributed by atoms with Gasteiger partial charge in [-0.3, -0.25) is 4.79 Å². The number of hydrogen-bond acceptors (Lipinski definition) is 5. The van der Waals surface area contributed by atoms with Gasteiger partial charge in [0.05, 0.1) is 10.6 Å². The van der Waals surface area contributed by atoms with Crippen molar-refractivity contribution in [3.63, 3.8) is 0 Å². The molecule has 7 heteroatoms. The Bertz CT molecular complexity index is 709. The van der Waals surface area contributed by atoms with E-state index in [-0.39, 0.29) is 5.91 Å². The monoisotopic (exact) mass is 365 g/mol. The first-order chi connectivity index (χ1) is 9.70. The number of thiazole rings is 1. The lowest BCUT2D eigenvalue weighted by atomic mass is 10.3. The average Bonchev–Trinajstić information content (AvgIpc) is 2.98. The van der Waals surface area contributed by atoms with Crippen LogP contribution in [-0.4, -0.2) is 16.1 Å². The van der Waals surface area contributed by atoms with Crippen LogP contribution in [0.2, 0.25) is 0 Å². The number of hydrogen-bond donors (Lipinski definition) is 1. The van der Waals surface area contributed by atoms with E-state index in [0.717, 1.165) is 14.5 Å². The molecule has 100 valence electrons. The van der Waals surface area contributed by atoms with Gasteiger partial charge in [-0.1, -0.05) is 18.2 Å². The Balaban J connectivity index is 1.82. The summed E-state index contributed by atoms with van der Waals surface area (Å²) >= 11 is 6.11.